The highest BCUT2D eigenvalue weighted by Crippen LogP contribution is 2.33. The van der Waals surface area contributed by atoms with Crippen LogP contribution in [0, 0.1) is 6.92 Å². The van der Waals surface area contributed by atoms with Crippen LogP contribution in [-0.2, 0) is 13.0 Å². The summed E-state index contributed by atoms with van der Waals surface area (Å²) in [5, 5.41) is 0.957. The minimum Gasteiger partial charge on any atom is -0.451 e. The number of aromatic amines is 1. The van der Waals surface area contributed by atoms with E-state index in [1.165, 1.54) is 0 Å². The number of H-pyrrole nitrogens is 1. The molecule has 0 aliphatic carbocycles. The molecule has 0 saturated carbocycles. The van der Waals surface area contributed by atoms with Crippen molar-refractivity contribution in [2.24, 2.45) is 0 Å². The van der Waals surface area contributed by atoms with Gasteiger partial charge >= 0.3 is 0 Å². The van der Waals surface area contributed by atoms with Crippen molar-refractivity contribution in [2.45, 2.75) is 65.1 Å². The Morgan fingerprint density at radius 3 is 2.81 bits per heavy atom. The van der Waals surface area contributed by atoms with Gasteiger partial charge in [0.15, 0.2) is 5.76 Å². The maximum atomic E-state index is 13.6. The molecular formula is C25H30N4O3. The van der Waals surface area contributed by atoms with Crippen molar-refractivity contribution < 1.29 is 9.21 Å². The molecule has 168 valence electrons. The third-order valence-corrected chi connectivity index (χ3v) is 6.97. The molecule has 1 fully saturated rings. The van der Waals surface area contributed by atoms with Crippen LogP contribution in [0.2, 0.25) is 0 Å². The van der Waals surface area contributed by atoms with Gasteiger partial charge in [-0.3, -0.25) is 14.5 Å². The topological polar surface area (TPSA) is 82.4 Å². The van der Waals surface area contributed by atoms with E-state index in [0.717, 1.165) is 53.6 Å². The Balaban J connectivity index is 1.50. The van der Waals surface area contributed by atoms with Crippen molar-refractivity contribution in [3.63, 3.8) is 0 Å². The van der Waals surface area contributed by atoms with Crippen LogP contribution < -0.4 is 5.56 Å². The summed E-state index contributed by atoms with van der Waals surface area (Å²) in [5.41, 5.74) is 3.14. The number of para-hydroxylation sites is 1. The number of hydrogen-bond acceptors (Lipinski definition) is 5. The van der Waals surface area contributed by atoms with E-state index in [1.807, 2.05) is 36.1 Å². The number of furan rings is 1. The van der Waals surface area contributed by atoms with Crippen molar-refractivity contribution in [2.75, 3.05) is 13.1 Å². The quantitative estimate of drug-likeness (QED) is 0.675. The molecule has 7 heteroatoms. The number of fused-ring (bicyclic) bond motifs is 2. The number of benzene rings is 1. The molecule has 3 aromatic rings. The lowest BCUT2D eigenvalue weighted by Crippen LogP contribution is -2.42. The summed E-state index contributed by atoms with van der Waals surface area (Å²) in [6, 6.07) is 7.86. The molecule has 2 aliphatic heterocycles. The normalized spacial score (nSPS) is 19.5. The lowest BCUT2D eigenvalue weighted by molar-refractivity contribution is 0.0567. The third kappa shape index (κ3) is 3.54. The van der Waals surface area contributed by atoms with E-state index in [-0.39, 0.29) is 17.5 Å². The summed E-state index contributed by atoms with van der Waals surface area (Å²) < 4.78 is 5.96. The predicted octanol–water partition coefficient (Wildman–Crippen LogP) is 3.96. The van der Waals surface area contributed by atoms with E-state index < -0.39 is 0 Å². The number of piperidine rings is 1. The average Bonchev–Trinajstić information content (AvgIpc) is 3.14. The van der Waals surface area contributed by atoms with Gasteiger partial charge in [0.2, 0.25) is 0 Å². The van der Waals surface area contributed by atoms with Crippen molar-refractivity contribution in [3.05, 3.63) is 63.0 Å². The maximum absolute atomic E-state index is 13.6. The first-order chi connectivity index (χ1) is 15.4. The molecular weight excluding hydrogens is 404 g/mol. The van der Waals surface area contributed by atoms with Crippen LogP contribution in [0.1, 0.15) is 72.4 Å². The summed E-state index contributed by atoms with van der Waals surface area (Å²) >= 11 is 0. The fraction of sp³-hybridized carbons (Fsp3) is 0.480. The molecule has 32 heavy (non-hydrogen) atoms. The number of hydrogen-bond donors (Lipinski definition) is 1. The Morgan fingerprint density at radius 2 is 2.03 bits per heavy atom. The Labute approximate surface area is 187 Å². The number of amides is 1. The van der Waals surface area contributed by atoms with Crippen molar-refractivity contribution >= 4 is 16.9 Å². The van der Waals surface area contributed by atoms with E-state index in [2.05, 4.69) is 23.7 Å². The Morgan fingerprint density at radius 1 is 1.22 bits per heavy atom. The second-order valence-corrected chi connectivity index (χ2v) is 9.25. The predicted molar refractivity (Wildman–Crippen MR) is 123 cm³/mol. The molecule has 1 amide bonds. The monoisotopic (exact) mass is 434 g/mol. The van der Waals surface area contributed by atoms with Gasteiger partial charge < -0.3 is 14.3 Å². The zero-order valence-electron chi connectivity index (χ0n) is 19.0. The molecule has 7 nitrogen and oxygen atoms in total. The molecule has 1 N–H and O–H groups in total. The van der Waals surface area contributed by atoms with Crippen LogP contribution in [0.15, 0.2) is 33.5 Å². The SMILES string of the molecule is Cc1c(C(=O)N2CCCCC2c2nc3c(c(=O)[nH]2)CCN(C(C)C)C3)oc2ccccc12. The molecule has 2 aromatic heterocycles. The van der Waals surface area contributed by atoms with Gasteiger partial charge in [-0.2, -0.15) is 0 Å². The molecule has 4 heterocycles. The number of carbonyl (C=O) groups excluding carboxylic acids is 1. The summed E-state index contributed by atoms with van der Waals surface area (Å²) in [5.74, 6) is 0.845. The Kier molecular flexibility index (Phi) is 5.37. The summed E-state index contributed by atoms with van der Waals surface area (Å²) in [4.78, 5) is 38.6. The largest absolute Gasteiger partial charge is 0.451 e. The van der Waals surface area contributed by atoms with Gasteiger partial charge in [0.1, 0.15) is 11.4 Å². The molecule has 0 spiro atoms. The number of aromatic nitrogens is 2. The number of aryl methyl sites for hydroxylation is 1. The summed E-state index contributed by atoms with van der Waals surface area (Å²) in [6.45, 7) is 8.42. The molecule has 2 aliphatic rings. The van der Waals surface area contributed by atoms with Gasteiger partial charge in [-0.15, -0.1) is 0 Å². The zero-order chi connectivity index (χ0) is 22.4. The first-order valence-electron chi connectivity index (χ1n) is 11.6. The Bertz CT molecular complexity index is 1230. The fourth-order valence-electron chi connectivity index (χ4n) is 5.05. The number of carbonyl (C=O) groups is 1. The van der Waals surface area contributed by atoms with Crippen LogP contribution in [0.4, 0.5) is 0 Å². The first-order valence-corrected chi connectivity index (χ1v) is 11.6. The van der Waals surface area contributed by atoms with Crippen molar-refractivity contribution in [3.8, 4) is 0 Å². The van der Waals surface area contributed by atoms with E-state index in [9.17, 15) is 9.59 Å². The second-order valence-electron chi connectivity index (χ2n) is 9.25. The van der Waals surface area contributed by atoms with E-state index in [0.29, 0.717) is 37.1 Å². The van der Waals surface area contributed by atoms with Crippen LogP contribution in [0.25, 0.3) is 11.0 Å². The molecule has 1 unspecified atom stereocenters. The van der Waals surface area contributed by atoms with Gasteiger partial charge in [-0.1, -0.05) is 18.2 Å². The number of nitrogens with zero attached hydrogens (tertiary/aromatic N) is 3. The van der Waals surface area contributed by atoms with Gasteiger partial charge in [0.25, 0.3) is 11.5 Å². The molecule has 1 aromatic carbocycles. The fourth-order valence-corrected chi connectivity index (χ4v) is 5.05. The van der Waals surface area contributed by atoms with E-state index in [1.54, 1.807) is 0 Å². The number of nitrogens with one attached hydrogen (secondary N) is 1. The van der Waals surface area contributed by atoms with Crippen LogP contribution in [-0.4, -0.2) is 44.8 Å². The molecule has 0 bridgehead atoms. The van der Waals surface area contributed by atoms with E-state index in [4.69, 9.17) is 9.40 Å². The summed E-state index contributed by atoms with van der Waals surface area (Å²) in [6.07, 6.45) is 3.41. The van der Waals surface area contributed by atoms with Gasteiger partial charge in [0.05, 0.1) is 11.7 Å². The number of rotatable bonds is 3. The molecule has 1 atom stereocenters. The second kappa shape index (κ2) is 8.20. The lowest BCUT2D eigenvalue weighted by atomic mass is 9.99. The van der Waals surface area contributed by atoms with Crippen LogP contribution in [0.3, 0.4) is 0 Å². The standard InChI is InChI=1S/C25H30N4O3/c1-15(2)28-13-11-18-19(14-28)26-23(27-24(18)30)20-9-6-7-12-29(20)25(31)22-16(3)17-8-4-5-10-21(17)32-22/h4-5,8,10,15,20H,6-7,9,11-14H2,1-3H3,(H,26,27,30). The van der Waals surface area contributed by atoms with Crippen LogP contribution in [0.5, 0.6) is 0 Å². The molecule has 1 saturated heterocycles. The zero-order valence-corrected chi connectivity index (χ0v) is 19.0. The average molecular weight is 435 g/mol. The highest BCUT2D eigenvalue weighted by atomic mass is 16.3. The molecule has 0 radical (unpaired) electrons. The lowest BCUT2D eigenvalue weighted by Gasteiger charge is -2.36. The number of likely N-dealkylation sites (tertiary alicyclic amines) is 1. The first kappa shape index (κ1) is 20.9. The van der Waals surface area contributed by atoms with Crippen LogP contribution >= 0.6 is 0 Å². The highest BCUT2D eigenvalue weighted by molar-refractivity contribution is 5.99. The van der Waals surface area contributed by atoms with Crippen molar-refractivity contribution in [1.29, 1.82) is 0 Å². The highest BCUT2D eigenvalue weighted by Gasteiger charge is 2.34. The smallest absolute Gasteiger partial charge is 0.290 e. The van der Waals surface area contributed by atoms with E-state index >= 15 is 0 Å². The maximum Gasteiger partial charge on any atom is 0.290 e. The minimum absolute atomic E-state index is 0.0636. The minimum atomic E-state index is -0.253. The van der Waals surface area contributed by atoms with Gasteiger partial charge in [-0.25, -0.2) is 4.98 Å². The van der Waals surface area contributed by atoms with Gasteiger partial charge in [-0.05, 0) is 52.5 Å². The van der Waals surface area contributed by atoms with Gasteiger partial charge in [0, 0.05) is 42.2 Å². The third-order valence-electron chi connectivity index (χ3n) is 6.97. The Hall–Kier alpha value is -2.93. The van der Waals surface area contributed by atoms with Crippen molar-refractivity contribution in [1.82, 2.24) is 19.8 Å². The summed E-state index contributed by atoms with van der Waals surface area (Å²) in [7, 11) is 0. The molecule has 5 rings (SSSR count).